The molecule has 0 aliphatic heterocycles. The highest BCUT2D eigenvalue weighted by atomic mass is 35.5. The van der Waals surface area contributed by atoms with Crippen LogP contribution in [-0.2, 0) is 5.75 Å². The van der Waals surface area contributed by atoms with E-state index in [0.29, 0.717) is 21.2 Å². The zero-order chi connectivity index (χ0) is 20.9. The molecule has 1 heterocycles. The Kier molecular flexibility index (Phi) is 6.38. The predicted octanol–water partition coefficient (Wildman–Crippen LogP) is 5.93. The molecular formula is C22H16Cl2N4OS. The van der Waals surface area contributed by atoms with Crippen LogP contribution >= 0.6 is 35.0 Å². The Morgan fingerprint density at radius 1 is 1.03 bits per heavy atom. The molecule has 0 bridgehead atoms. The number of H-pyrrole nitrogens is 1. The third-order valence-electron chi connectivity index (χ3n) is 4.32. The lowest BCUT2D eigenvalue weighted by atomic mass is 10.1. The number of hydrazone groups is 1. The van der Waals surface area contributed by atoms with E-state index in [1.165, 1.54) is 6.21 Å². The summed E-state index contributed by atoms with van der Waals surface area (Å²) in [5.41, 5.74) is 6.61. The molecule has 1 aromatic heterocycles. The minimum absolute atomic E-state index is 0.314. The zero-order valence-corrected chi connectivity index (χ0v) is 17.9. The van der Waals surface area contributed by atoms with Crippen molar-refractivity contribution in [3.8, 4) is 0 Å². The number of fused-ring (bicyclic) bond motifs is 1. The first kappa shape index (κ1) is 20.5. The van der Waals surface area contributed by atoms with Crippen LogP contribution in [0.15, 0.2) is 77.0 Å². The van der Waals surface area contributed by atoms with Gasteiger partial charge in [-0.05, 0) is 42.0 Å². The van der Waals surface area contributed by atoms with Crippen molar-refractivity contribution < 1.29 is 4.79 Å². The maximum Gasteiger partial charge on any atom is 0.271 e. The van der Waals surface area contributed by atoms with Crippen molar-refractivity contribution in [3.63, 3.8) is 0 Å². The molecule has 0 spiro atoms. The average Bonchev–Trinajstić information content (AvgIpc) is 3.18. The van der Waals surface area contributed by atoms with Crippen molar-refractivity contribution in [2.24, 2.45) is 5.10 Å². The molecule has 0 saturated heterocycles. The van der Waals surface area contributed by atoms with Crippen LogP contribution in [-0.4, -0.2) is 22.1 Å². The van der Waals surface area contributed by atoms with E-state index in [-0.39, 0.29) is 5.91 Å². The van der Waals surface area contributed by atoms with E-state index >= 15 is 0 Å². The van der Waals surface area contributed by atoms with Gasteiger partial charge < -0.3 is 4.98 Å². The predicted molar refractivity (Wildman–Crippen MR) is 124 cm³/mol. The third kappa shape index (κ3) is 4.84. The average molecular weight is 455 g/mol. The summed E-state index contributed by atoms with van der Waals surface area (Å²) in [6, 6.07) is 20.4. The summed E-state index contributed by atoms with van der Waals surface area (Å²) in [6.07, 6.45) is 1.43. The number of imidazole rings is 1. The maximum absolute atomic E-state index is 12.3. The second-order valence-electron chi connectivity index (χ2n) is 6.38. The van der Waals surface area contributed by atoms with Gasteiger partial charge >= 0.3 is 0 Å². The molecule has 8 heteroatoms. The van der Waals surface area contributed by atoms with Crippen LogP contribution in [0.4, 0.5) is 0 Å². The Bertz CT molecular complexity index is 1170. The monoisotopic (exact) mass is 454 g/mol. The second kappa shape index (κ2) is 9.34. The Morgan fingerprint density at radius 3 is 2.50 bits per heavy atom. The normalized spacial score (nSPS) is 11.3. The molecule has 0 radical (unpaired) electrons. The summed E-state index contributed by atoms with van der Waals surface area (Å²) in [5.74, 6) is 0.427. The molecule has 3 aromatic carbocycles. The zero-order valence-electron chi connectivity index (χ0n) is 15.6. The van der Waals surface area contributed by atoms with Crippen LogP contribution in [0.2, 0.25) is 10.0 Å². The first-order valence-electron chi connectivity index (χ1n) is 9.04. The summed E-state index contributed by atoms with van der Waals surface area (Å²) in [4.78, 5) is 20.1. The van der Waals surface area contributed by atoms with Gasteiger partial charge in [-0.1, -0.05) is 65.3 Å². The highest BCUT2D eigenvalue weighted by molar-refractivity contribution is 7.98. The van der Waals surface area contributed by atoms with E-state index in [1.807, 2.05) is 36.4 Å². The van der Waals surface area contributed by atoms with Crippen molar-refractivity contribution in [2.45, 2.75) is 10.9 Å². The fraction of sp³-hybridized carbons (Fsp3) is 0.0455. The molecule has 0 saturated carbocycles. The number of carbonyl (C=O) groups is 1. The minimum atomic E-state index is -0.314. The lowest BCUT2D eigenvalue weighted by molar-refractivity contribution is 0.0955. The molecule has 2 N–H and O–H groups in total. The summed E-state index contributed by atoms with van der Waals surface area (Å²) < 4.78 is 0. The molecule has 1 amide bonds. The molecule has 4 aromatic rings. The number of amides is 1. The van der Waals surface area contributed by atoms with E-state index in [4.69, 9.17) is 23.2 Å². The number of hydrogen-bond donors (Lipinski definition) is 2. The van der Waals surface area contributed by atoms with Gasteiger partial charge in [0.2, 0.25) is 0 Å². The SMILES string of the molecule is O=C(N/N=C/c1c(Cl)cccc1Cl)c1ccc(CSc2nc3ccccc3[nH]2)cc1. The Labute approximate surface area is 187 Å². The second-order valence-corrected chi connectivity index (χ2v) is 8.16. The third-order valence-corrected chi connectivity index (χ3v) is 5.92. The van der Waals surface area contributed by atoms with Crippen LogP contribution in [0, 0.1) is 0 Å². The lowest BCUT2D eigenvalue weighted by Gasteiger charge is -2.03. The number of aromatic nitrogens is 2. The van der Waals surface area contributed by atoms with E-state index in [9.17, 15) is 4.79 Å². The minimum Gasteiger partial charge on any atom is -0.333 e. The van der Waals surface area contributed by atoms with Crippen molar-refractivity contribution in [1.82, 2.24) is 15.4 Å². The molecule has 0 unspecified atom stereocenters. The molecule has 30 heavy (non-hydrogen) atoms. The molecule has 0 fully saturated rings. The van der Waals surface area contributed by atoms with E-state index in [1.54, 1.807) is 42.1 Å². The van der Waals surface area contributed by atoms with Gasteiger partial charge in [0.25, 0.3) is 5.91 Å². The van der Waals surface area contributed by atoms with Crippen LogP contribution in [0.25, 0.3) is 11.0 Å². The Morgan fingerprint density at radius 2 is 1.77 bits per heavy atom. The maximum atomic E-state index is 12.3. The van der Waals surface area contributed by atoms with Gasteiger partial charge in [0.15, 0.2) is 5.16 Å². The molecule has 4 rings (SSSR count). The number of nitrogens with one attached hydrogen (secondary N) is 2. The van der Waals surface area contributed by atoms with Gasteiger partial charge in [0.1, 0.15) is 0 Å². The number of thioether (sulfide) groups is 1. The molecule has 0 atom stereocenters. The van der Waals surface area contributed by atoms with Crippen LogP contribution < -0.4 is 5.43 Å². The summed E-state index contributed by atoms with van der Waals surface area (Å²) in [7, 11) is 0. The van der Waals surface area contributed by atoms with E-state index < -0.39 is 0 Å². The number of benzene rings is 3. The lowest BCUT2D eigenvalue weighted by Crippen LogP contribution is -2.17. The number of para-hydroxylation sites is 2. The smallest absolute Gasteiger partial charge is 0.271 e. The Hall–Kier alpha value is -2.80. The van der Waals surface area contributed by atoms with Crippen molar-refractivity contribution >= 4 is 58.1 Å². The molecule has 0 aliphatic carbocycles. The number of rotatable bonds is 6. The Balaban J connectivity index is 1.34. The molecule has 150 valence electrons. The molecular weight excluding hydrogens is 439 g/mol. The fourth-order valence-electron chi connectivity index (χ4n) is 2.76. The summed E-state index contributed by atoms with van der Waals surface area (Å²) in [5, 5.41) is 5.74. The topological polar surface area (TPSA) is 70.1 Å². The highest BCUT2D eigenvalue weighted by Gasteiger charge is 2.07. The quantitative estimate of drug-likeness (QED) is 0.215. The number of carbonyl (C=O) groups excluding carboxylic acids is 1. The van der Waals surface area contributed by atoms with Crippen molar-refractivity contribution in [1.29, 1.82) is 0 Å². The van der Waals surface area contributed by atoms with Crippen LogP contribution in [0.3, 0.4) is 0 Å². The van der Waals surface area contributed by atoms with Crippen molar-refractivity contribution in [2.75, 3.05) is 0 Å². The van der Waals surface area contributed by atoms with Gasteiger partial charge in [0, 0.05) is 16.9 Å². The van der Waals surface area contributed by atoms with Crippen molar-refractivity contribution in [3.05, 3.63) is 93.5 Å². The van der Waals surface area contributed by atoms with Gasteiger partial charge in [0.05, 0.1) is 27.3 Å². The largest absolute Gasteiger partial charge is 0.333 e. The standard InChI is InChI=1S/C22H16Cl2N4OS/c23-17-4-3-5-18(24)16(17)12-25-28-21(29)15-10-8-14(9-11-15)13-30-22-26-19-6-1-2-7-20(19)27-22/h1-12H,13H2,(H,26,27)(H,28,29)/b25-12+. The van der Waals surface area contributed by atoms with E-state index in [2.05, 4.69) is 20.5 Å². The molecule has 5 nitrogen and oxygen atoms in total. The van der Waals surface area contributed by atoms with Gasteiger partial charge in [-0.15, -0.1) is 0 Å². The van der Waals surface area contributed by atoms with Crippen LogP contribution in [0.1, 0.15) is 21.5 Å². The number of nitrogens with zero attached hydrogens (tertiary/aromatic N) is 2. The molecule has 0 aliphatic rings. The van der Waals surface area contributed by atoms with Gasteiger partial charge in [-0.3, -0.25) is 4.79 Å². The number of aromatic amines is 1. The summed E-state index contributed by atoms with van der Waals surface area (Å²) in [6.45, 7) is 0. The number of halogens is 2. The van der Waals surface area contributed by atoms with E-state index in [0.717, 1.165) is 27.5 Å². The summed E-state index contributed by atoms with van der Waals surface area (Å²) >= 11 is 13.8. The first-order chi connectivity index (χ1) is 14.6. The number of hydrogen-bond acceptors (Lipinski definition) is 4. The van der Waals surface area contributed by atoms with Gasteiger partial charge in [-0.2, -0.15) is 5.10 Å². The van der Waals surface area contributed by atoms with Gasteiger partial charge in [-0.25, -0.2) is 10.4 Å². The van der Waals surface area contributed by atoms with Crippen LogP contribution in [0.5, 0.6) is 0 Å². The first-order valence-corrected chi connectivity index (χ1v) is 10.8. The fourth-order valence-corrected chi connectivity index (χ4v) is 4.09. The highest BCUT2D eigenvalue weighted by Crippen LogP contribution is 2.23.